The number of nitrogens with zero attached hydrogens (tertiary/aromatic N) is 1. The quantitative estimate of drug-likeness (QED) is 0.601. The normalized spacial score (nSPS) is 11.6. The number of ether oxygens (including phenoxy) is 1. The summed E-state index contributed by atoms with van der Waals surface area (Å²) >= 11 is 0. The lowest BCUT2D eigenvalue weighted by molar-refractivity contribution is -0.137. The van der Waals surface area contributed by atoms with Crippen molar-refractivity contribution in [2.45, 2.75) is 26.9 Å². The molecular formula is C17H18F3NO4. The third-order valence-corrected chi connectivity index (χ3v) is 3.78. The number of esters is 1. The van der Waals surface area contributed by atoms with Gasteiger partial charge in [-0.1, -0.05) is 0 Å². The number of hydrogen-bond donors (Lipinski definition) is 0. The van der Waals surface area contributed by atoms with Crippen molar-refractivity contribution < 1.29 is 27.1 Å². The number of fused-ring (bicyclic) bond motifs is 1. The fourth-order valence-corrected chi connectivity index (χ4v) is 2.66. The van der Waals surface area contributed by atoms with Crippen molar-refractivity contribution in [3.8, 4) is 0 Å². The summed E-state index contributed by atoms with van der Waals surface area (Å²) in [6.07, 6.45) is -4.91. The minimum Gasteiger partial charge on any atom is -0.462 e. The predicted molar refractivity (Wildman–Crippen MR) is 87.0 cm³/mol. The van der Waals surface area contributed by atoms with Crippen LogP contribution in [0.2, 0.25) is 0 Å². The van der Waals surface area contributed by atoms with Crippen LogP contribution in [0.1, 0.15) is 36.7 Å². The minimum atomic E-state index is -4.91. The van der Waals surface area contributed by atoms with E-state index in [9.17, 15) is 22.8 Å². The van der Waals surface area contributed by atoms with Gasteiger partial charge in [-0.25, -0.2) is 9.59 Å². The summed E-state index contributed by atoms with van der Waals surface area (Å²) in [6, 6.07) is 4.07. The highest BCUT2D eigenvalue weighted by atomic mass is 19.4. The Balaban J connectivity index is 2.81. The Morgan fingerprint density at radius 3 is 2.36 bits per heavy atom. The zero-order valence-electron chi connectivity index (χ0n) is 14.1. The number of benzene rings is 1. The first kappa shape index (κ1) is 18.8. The van der Waals surface area contributed by atoms with Crippen molar-refractivity contribution in [1.82, 2.24) is 0 Å². The van der Waals surface area contributed by atoms with Gasteiger partial charge in [0.15, 0.2) is 5.56 Å². The molecule has 0 atom stereocenters. The number of halogens is 3. The van der Waals surface area contributed by atoms with Crippen molar-refractivity contribution in [2.24, 2.45) is 0 Å². The molecule has 0 aliphatic rings. The molecule has 0 radical (unpaired) electrons. The maximum absolute atomic E-state index is 13.6. The third kappa shape index (κ3) is 3.62. The first-order valence-corrected chi connectivity index (χ1v) is 7.84. The molecule has 136 valence electrons. The third-order valence-electron chi connectivity index (χ3n) is 3.78. The number of alkyl halides is 3. The van der Waals surface area contributed by atoms with Gasteiger partial charge in [-0.05, 0) is 32.9 Å². The molecule has 5 nitrogen and oxygen atoms in total. The van der Waals surface area contributed by atoms with Crippen LogP contribution in [-0.2, 0) is 10.9 Å². The molecule has 0 unspecified atom stereocenters. The van der Waals surface area contributed by atoms with Gasteiger partial charge in [-0.2, -0.15) is 13.2 Å². The van der Waals surface area contributed by atoms with Crippen molar-refractivity contribution in [3.63, 3.8) is 0 Å². The van der Waals surface area contributed by atoms with Crippen LogP contribution in [0, 0.1) is 0 Å². The molecule has 1 aromatic heterocycles. The number of carbonyl (C=O) groups is 1. The fraction of sp³-hybridized carbons (Fsp3) is 0.412. The molecule has 0 spiro atoms. The average molecular weight is 357 g/mol. The maximum Gasteiger partial charge on any atom is 0.418 e. The standard InChI is InChI=1S/C17H18F3NO4/c1-4-21(5-2)10-7-8-11-12(9-10)25-16(23)13(15(22)24-6-3)14(11)17(18,19)20/h7-9H,4-6H2,1-3H3. The van der Waals surface area contributed by atoms with Gasteiger partial charge >= 0.3 is 17.8 Å². The second-order valence-corrected chi connectivity index (χ2v) is 5.21. The van der Waals surface area contributed by atoms with E-state index in [2.05, 4.69) is 4.74 Å². The Labute approximate surface area is 142 Å². The molecule has 1 aromatic carbocycles. The Kier molecular flexibility index (Phi) is 5.39. The van der Waals surface area contributed by atoms with E-state index >= 15 is 0 Å². The molecule has 0 fully saturated rings. The molecule has 0 saturated carbocycles. The van der Waals surface area contributed by atoms with E-state index in [1.807, 2.05) is 18.7 Å². The Hall–Kier alpha value is -2.51. The summed E-state index contributed by atoms with van der Waals surface area (Å²) in [5.41, 5.74) is -3.43. The van der Waals surface area contributed by atoms with Crippen molar-refractivity contribution >= 4 is 22.6 Å². The topological polar surface area (TPSA) is 59.8 Å². The molecule has 2 aromatic rings. The lowest BCUT2D eigenvalue weighted by atomic mass is 10.0. The smallest absolute Gasteiger partial charge is 0.418 e. The lowest BCUT2D eigenvalue weighted by Gasteiger charge is -2.21. The van der Waals surface area contributed by atoms with E-state index in [0.29, 0.717) is 18.8 Å². The zero-order chi connectivity index (χ0) is 18.8. The zero-order valence-corrected chi connectivity index (χ0v) is 14.1. The van der Waals surface area contributed by atoms with Gasteiger partial charge in [0.1, 0.15) is 5.58 Å². The summed E-state index contributed by atoms with van der Waals surface area (Å²) in [6.45, 7) is 6.35. The number of carbonyl (C=O) groups excluding carboxylic acids is 1. The summed E-state index contributed by atoms with van der Waals surface area (Å²) in [5, 5.41) is -0.356. The second-order valence-electron chi connectivity index (χ2n) is 5.21. The summed E-state index contributed by atoms with van der Waals surface area (Å²) in [7, 11) is 0. The van der Waals surface area contributed by atoms with Gasteiger partial charge in [0.25, 0.3) is 0 Å². The molecule has 0 aliphatic heterocycles. The fourth-order valence-electron chi connectivity index (χ4n) is 2.66. The number of anilines is 1. The molecule has 1 heterocycles. The Morgan fingerprint density at radius 1 is 1.20 bits per heavy atom. The van der Waals surface area contributed by atoms with Crippen molar-refractivity contribution in [2.75, 3.05) is 24.6 Å². The lowest BCUT2D eigenvalue weighted by Crippen LogP contribution is -2.25. The van der Waals surface area contributed by atoms with Gasteiger partial charge in [0, 0.05) is 30.2 Å². The van der Waals surface area contributed by atoms with Crippen LogP contribution in [0.15, 0.2) is 27.4 Å². The van der Waals surface area contributed by atoms with Gasteiger partial charge in [-0.15, -0.1) is 0 Å². The summed E-state index contributed by atoms with van der Waals surface area (Å²) in [4.78, 5) is 25.8. The van der Waals surface area contributed by atoms with Gasteiger partial charge in [-0.3, -0.25) is 0 Å². The molecule has 0 bridgehead atoms. The van der Waals surface area contributed by atoms with Crippen molar-refractivity contribution in [3.05, 3.63) is 39.7 Å². The van der Waals surface area contributed by atoms with E-state index in [-0.39, 0.29) is 17.6 Å². The van der Waals surface area contributed by atoms with Crippen LogP contribution in [0.3, 0.4) is 0 Å². The van der Waals surface area contributed by atoms with E-state index in [4.69, 9.17) is 4.42 Å². The van der Waals surface area contributed by atoms with Crippen LogP contribution in [0.25, 0.3) is 11.0 Å². The second kappa shape index (κ2) is 7.16. The maximum atomic E-state index is 13.6. The molecule has 0 aliphatic carbocycles. The largest absolute Gasteiger partial charge is 0.462 e. The first-order chi connectivity index (χ1) is 11.7. The van der Waals surface area contributed by atoms with Crippen LogP contribution in [0.4, 0.5) is 18.9 Å². The SMILES string of the molecule is CCOC(=O)c1c(C(F)(F)F)c2ccc(N(CC)CC)cc2oc1=O. The Bertz CT molecular complexity index is 838. The number of hydrogen-bond acceptors (Lipinski definition) is 5. The van der Waals surface area contributed by atoms with E-state index in [0.717, 1.165) is 0 Å². The van der Waals surface area contributed by atoms with Gasteiger partial charge in [0.2, 0.25) is 0 Å². The van der Waals surface area contributed by atoms with Crippen LogP contribution < -0.4 is 10.5 Å². The minimum absolute atomic E-state index is 0.158. The Morgan fingerprint density at radius 2 is 1.84 bits per heavy atom. The highest BCUT2D eigenvalue weighted by Crippen LogP contribution is 2.37. The summed E-state index contributed by atoms with van der Waals surface area (Å²) < 4.78 is 50.2. The monoisotopic (exact) mass is 357 g/mol. The predicted octanol–water partition coefficient (Wildman–Crippen LogP) is 3.83. The average Bonchev–Trinajstić information content (AvgIpc) is 2.53. The van der Waals surface area contributed by atoms with Crippen LogP contribution in [-0.4, -0.2) is 25.7 Å². The number of rotatable bonds is 5. The van der Waals surface area contributed by atoms with Crippen LogP contribution >= 0.6 is 0 Å². The van der Waals surface area contributed by atoms with Crippen molar-refractivity contribution in [1.29, 1.82) is 0 Å². The molecule has 0 N–H and O–H groups in total. The van der Waals surface area contributed by atoms with Gasteiger partial charge in [0.05, 0.1) is 12.2 Å². The molecule has 0 amide bonds. The molecular weight excluding hydrogens is 339 g/mol. The van der Waals surface area contributed by atoms with E-state index < -0.39 is 28.9 Å². The van der Waals surface area contributed by atoms with Gasteiger partial charge < -0.3 is 14.1 Å². The highest BCUT2D eigenvalue weighted by molar-refractivity contribution is 5.97. The molecule has 25 heavy (non-hydrogen) atoms. The highest BCUT2D eigenvalue weighted by Gasteiger charge is 2.40. The van der Waals surface area contributed by atoms with E-state index in [1.54, 1.807) is 0 Å². The first-order valence-electron chi connectivity index (χ1n) is 7.84. The molecule has 2 rings (SSSR count). The van der Waals surface area contributed by atoms with E-state index in [1.165, 1.54) is 25.1 Å². The molecule has 8 heteroatoms. The molecule has 0 saturated heterocycles. The summed E-state index contributed by atoms with van der Waals surface area (Å²) in [5.74, 6) is -1.35. The van der Waals surface area contributed by atoms with Crippen LogP contribution in [0.5, 0.6) is 0 Å².